The van der Waals surface area contributed by atoms with Crippen LogP contribution in [0.4, 0.5) is 8.78 Å². The summed E-state index contributed by atoms with van der Waals surface area (Å²) in [5.41, 5.74) is -0.482. The Bertz CT molecular complexity index is 478. The number of ether oxygens (including phenoxy) is 1. The number of rotatable bonds is 4. The smallest absolute Gasteiger partial charge is 0.268 e. The third-order valence-corrected chi connectivity index (χ3v) is 2.17. The molecule has 1 aromatic carbocycles. The van der Waals surface area contributed by atoms with E-state index in [4.69, 9.17) is 10.00 Å². The van der Waals surface area contributed by atoms with Gasteiger partial charge in [-0.2, -0.15) is 5.26 Å². The lowest BCUT2D eigenvalue weighted by Crippen LogP contribution is -2.06. The monoisotopic (exact) mass is 239 g/mol. The molecule has 0 N–H and O–H groups in total. The molecule has 0 heterocycles. The highest BCUT2D eigenvalue weighted by molar-refractivity contribution is 5.96. The molecule has 0 saturated carbocycles. The lowest BCUT2D eigenvalue weighted by molar-refractivity contribution is 0.0995. The van der Waals surface area contributed by atoms with E-state index in [1.165, 1.54) is 13.0 Å². The third-order valence-electron chi connectivity index (χ3n) is 2.17. The van der Waals surface area contributed by atoms with Crippen LogP contribution in [0.5, 0.6) is 5.75 Å². The average molecular weight is 239 g/mol. The van der Waals surface area contributed by atoms with Crippen LogP contribution in [0, 0.1) is 11.3 Å². The van der Waals surface area contributed by atoms with E-state index in [2.05, 4.69) is 0 Å². The molecule has 0 aliphatic carbocycles. The van der Waals surface area contributed by atoms with E-state index >= 15 is 0 Å². The lowest BCUT2D eigenvalue weighted by Gasteiger charge is -2.13. The Morgan fingerprint density at radius 1 is 1.53 bits per heavy atom. The van der Waals surface area contributed by atoms with Gasteiger partial charge >= 0.3 is 0 Å². The van der Waals surface area contributed by atoms with Crippen molar-refractivity contribution in [2.75, 3.05) is 6.61 Å². The van der Waals surface area contributed by atoms with Gasteiger partial charge in [-0.1, -0.05) is 0 Å². The third kappa shape index (κ3) is 2.78. The molecule has 0 spiro atoms. The van der Waals surface area contributed by atoms with Crippen LogP contribution in [-0.4, -0.2) is 12.4 Å². The number of carbonyl (C=O) groups excluding carboxylic acids is 1. The first kappa shape index (κ1) is 13.1. The van der Waals surface area contributed by atoms with Gasteiger partial charge in [0.2, 0.25) is 0 Å². The molecule has 3 nitrogen and oxygen atoms in total. The van der Waals surface area contributed by atoms with Gasteiger partial charge in [0.15, 0.2) is 5.78 Å². The van der Waals surface area contributed by atoms with Gasteiger partial charge in [0, 0.05) is 5.56 Å². The van der Waals surface area contributed by atoms with E-state index in [0.29, 0.717) is 0 Å². The van der Waals surface area contributed by atoms with E-state index in [1.807, 2.05) is 6.07 Å². The van der Waals surface area contributed by atoms with Gasteiger partial charge in [-0.05, 0) is 26.0 Å². The van der Waals surface area contributed by atoms with Gasteiger partial charge in [-0.3, -0.25) is 4.79 Å². The number of halogens is 2. The van der Waals surface area contributed by atoms with Crippen molar-refractivity contribution in [2.24, 2.45) is 0 Å². The predicted molar refractivity (Wildman–Crippen MR) is 57.3 cm³/mol. The molecule has 0 radical (unpaired) electrons. The molecular formula is C12H11F2NO2. The number of nitriles is 1. The van der Waals surface area contributed by atoms with E-state index in [1.54, 1.807) is 6.92 Å². The molecule has 0 unspecified atom stereocenters. The van der Waals surface area contributed by atoms with Crippen LogP contribution in [0.15, 0.2) is 12.1 Å². The maximum absolute atomic E-state index is 12.9. The normalized spacial score (nSPS) is 10.1. The van der Waals surface area contributed by atoms with Gasteiger partial charge in [0.25, 0.3) is 6.43 Å². The summed E-state index contributed by atoms with van der Waals surface area (Å²) >= 11 is 0. The van der Waals surface area contributed by atoms with Crippen molar-refractivity contribution >= 4 is 5.78 Å². The topological polar surface area (TPSA) is 50.1 Å². The van der Waals surface area contributed by atoms with Crippen molar-refractivity contribution in [2.45, 2.75) is 20.3 Å². The fourth-order valence-corrected chi connectivity index (χ4v) is 1.48. The van der Waals surface area contributed by atoms with Crippen molar-refractivity contribution in [1.29, 1.82) is 5.26 Å². The summed E-state index contributed by atoms with van der Waals surface area (Å²) in [6, 6.07) is 4.19. The Hall–Kier alpha value is -1.96. The molecule has 0 aliphatic heterocycles. The summed E-state index contributed by atoms with van der Waals surface area (Å²) in [6.45, 7) is 3.01. The molecule has 0 aliphatic rings. The first-order chi connectivity index (χ1) is 8.01. The zero-order chi connectivity index (χ0) is 13.0. The Balaban J connectivity index is 3.50. The number of ketones is 1. The van der Waals surface area contributed by atoms with Crippen molar-refractivity contribution in [3.05, 3.63) is 28.8 Å². The Morgan fingerprint density at radius 2 is 2.18 bits per heavy atom. The van der Waals surface area contributed by atoms with E-state index in [9.17, 15) is 13.6 Å². The Labute approximate surface area is 97.6 Å². The summed E-state index contributed by atoms with van der Waals surface area (Å²) in [6.07, 6.45) is -2.82. The van der Waals surface area contributed by atoms with Crippen LogP contribution in [-0.2, 0) is 0 Å². The maximum atomic E-state index is 12.9. The minimum atomic E-state index is -2.82. The Morgan fingerprint density at radius 3 is 2.59 bits per heavy atom. The number of hydrogen-bond donors (Lipinski definition) is 0. The van der Waals surface area contributed by atoms with Crippen LogP contribution < -0.4 is 4.74 Å². The van der Waals surface area contributed by atoms with E-state index < -0.39 is 17.8 Å². The molecule has 0 saturated heterocycles. The maximum Gasteiger partial charge on any atom is 0.268 e. The quantitative estimate of drug-likeness (QED) is 0.758. The molecule has 5 heteroatoms. The second kappa shape index (κ2) is 5.39. The second-order valence-corrected chi connectivity index (χ2v) is 3.34. The highest BCUT2D eigenvalue weighted by Gasteiger charge is 2.22. The van der Waals surface area contributed by atoms with Gasteiger partial charge in [-0.15, -0.1) is 0 Å². The molecule has 1 aromatic rings. The molecule has 0 fully saturated rings. The fourth-order valence-electron chi connectivity index (χ4n) is 1.48. The van der Waals surface area contributed by atoms with Crippen LogP contribution in [0.1, 0.15) is 41.8 Å². The number of nitrogens with zero attached hydrogens (tertiary/aromatic N) is 1. The average Bonchev–Trinajstić information content (AvgIpc) is 2.27. The van der Waals surface area contributed by atoms with Crippen LogP contribution in [0.25, 0.3) is 0 Å². The second-order valence-electron chi connectivity index (χ2n) is 3.34. The standard InChI is InChI=1S/C12H11F2NO2/c1-3-17-10-5-8(6-15)4-9(7(2)16)11(10)12(13)14/h4-5,12H,3H2,1-2H3. The zero-order valence-corrected chi connectivity index (χ0v) is 9.46. The Kier molecular flexibility index (Phi) is 4.16. The van der Waals surface area contributed by atoms with Gasteiger partial charge < -0.3 is 4.74 Å². The summed E-state index contributed by atoms with van der Waals surface area (Å²) in [4.78, 5) is 11.3. The highest BCUT2D eigenvalue weighted by atomic mass is 19.3. The minimum Gasteiger partial charge on any atom is -0.493 e. The van der Waals surface area contributed by atoms with Crippen molar-refractivity contribution in [3.8, 4) is 11.8 Å². The lowest BCUT2D eigenvalue weighted by atomic mass is 10.0. The summed E-state index contributed by atoms with van der Waals surface area (Å²) in [7, 11) is 0. The van der Waals surface area contributed by atoms with Gasteiger partial charge in [0.05, 0.1) is 23.8 Å². The molecule has 17 heavy (non-hydrogen) atoms. The number of benzene rings is 1. The largest absolute Gasteiger partial charge is 0.493 e. The molecule has 1 rings (SSSR count). The molecule has 0 atom stereocenters. The van der Waals surface area contributed by atoms with Crippen LogP contribution in [0.2, 0.25) is 0 Å². The SMILES string of the molecule is CCOc1cc(C#N)cc(C(C)=O)c1C(F)F. The first-order valence-electron chi connectivity index (χ1n) is 5.01. The van der Waals surface area contributed by atoms with Gasteiger partial charge in [0.1, 0.15) is 5.75 Å². The zero-order valence-electron chi connectivity index (χ0n) is 9.46. The molecule has 0 aromatic heterocycles. The summed E-state index contributed by atoms with van der Waals surface area (Å²) < 4.78 is 30.8. The number of Topliss-reactive ketones (excluding diaryl/α,β-unsaturated/α-hetero) is 1. The summed E-state index contributed by atoms with van der Waals surface area (Å²) in [5.74, 6) is -0.620. The predicted octanol–water partition coefficient (Wildman–Crippen LogP) is 3.10. The van der Waals surface area contributed by atoms with E-state index in [-0.39, 0.29) is 23.5 Å². The highest BCUT2D eigenvalue weighted by Crippen LogP contribution is 2.33. The van der Waals surface area contributed by atoms with Crippen LogP contribution in [0.3, 0.4) is 0 Å². The van der Waals surface area contributed by atoms with Crippen molar-refractivity contribution in [1.82, 2.24) is 0 Å². The van der Waals surface area contributed by atoms with Crippen LogP contribution >= 0.6 is 0 Å². The summed E-state index contributed by atoms with van der Waals surface area (Å²) in [5, 5.41) is 8.76. The van der Waals surface area contributed by atoms with Gasteiger partial charge in [-0.25, -0.2) is 8.78 Å². The van der Waals surface area contributed by atoms with Crippen molar-refractivity contribution in [3.63, 3.8) is 0 Å². The molecule has 0 bridgehead atoms. The number of alkyl halides is 2. The first-order valence-corrected chi connectivity index (χ1v) is 5.01. The van der Waals surface area contributed by atoms with Crippen molar-refractivity contribution < 1.29 is 18.3 Å². The molecule has 0 amide bonds. The molecular weight excluding hydrogens is 228 g/mol. The minimum absolute atomic E-state index is 0.105. The number of hydrogen-bond acceptors (Lipinski definition) is 3. The molecule has 90 valence electrons. The van der Waals surface area contributed by atoms with E-state index in [0.717, 1.165) is 6.07 Å². The fraction of sp³-hybridized carbons (Fsp3) is 0.333. The number of carbonyl (C=O) groups is 1.